The number of halogens is 1. The van der Waals surface area contributed by atoms with Crippen LogP contribution < -0.4 is 0 Å². The van der Waals surface area contributed by atoms with Crippen molar-refractivity contribution < 1.29 is 9.21 Å². The molecule has 0 fully saturated rings. The molecule has 7 heteroatoms. The third-order valence-electron chi connectivity index (χ3n) is 3.05. The predicted molar refractivity (Wildman–Crippen MR) is 96.3 cm³/mol. The van der Waals surface area contributed by atoms with Gasteiger partial charge in [0.05, 0.1) is 14.4 Å². The number of ketones is 1. The molecule has 0 saturated carbocycles. The molecule has 0 saturated heterocycles. The number of thiophene rings is 1. The molecule has 0 aliphatic rings. The number of aromatic nitrogens is 2. The summed E-state index contributed by atoms with van der Waals surface area (Å²) in [5.74, 6) is 0.809. The Hall–Kier alpha value is -1.44. The smallest absolute Gasteiger partial charge is 0.277 e. The summed E-state index contributed by atoms with van der Waals surface area (Å²) in [6, 6.07) is 9.78. The van der Waals surface area contributed by atoms with Crippen molar-refractivity contribution >= 4 is 44.8 Å². The van der Waals surface area contributed by atoms with Crippen LogP contribution in [0.4, 0.5) is 0 Å². The Morgan fingerprint density at radius 3 is 2.61 bits per heavy atom. The van der Waals surface area contributed by atoms with E-state index in [0.29, 0.717) is 11.1 Å². The zero-order chi connectivity index (χ0) is 16.4. The summed E-state index contributed by atoms with van der Waals surface area (Å²) in [6.07, 6.45) is 0. The van der Waals surface area contributed by atoms with Gasteiger partial charge in [-0.25, -0.2) is 0 Å². The van der Waals surface area contributed by atoms with Crippen molar-refractivity contribution in [3.8, 4) is 11.5 Å². The van der Waals surface area contributed by atoms with Crippen molar-refractivity contribution in [3.63, 3.8) is 0 Å². The standard InChI is InChI=1S/C16H13BrN2O2S2/c1-9-5-10(2)7-11(6-9)15-18-19-16(21-15)22-8-12(20)13-3-4-14(17)23-13/h3-7H,8H2,1-2H3. The summed E-state index contributed by atoms with van der Waals surface area (Å²) in [4.78, 5) is 12.8. The summed E-state index contributed by atoms with van der Waals surface area (Å²) < 4.78 is 6.60. The van der Waals surface area contributed by atoms with Crippen molar-refractivity contribution in [2.24, 2.45) is 0 Å². The van der Waals surface area contributed by atoms with Crippen LogP contribution in [0.25, 0.3) is 11.5 Å². The van der Waals surface area contributed by atoms with Gasteiger partial charge in [-0.15, -0.1) is 21.5 Å². The molecule has 3 aromatic rings. The van der Waals surface area contributed by atoms with Gasteiger partial charge >= 0.3 is 0 Å². The number of aryl methyl sites for hydroxylation is 2. The average molecular weight is 409 g/mol. The largest absolute Gasteiger partial charge is 0.411 e. The molecule has 4 nitrogen and oxygen atoms in total. The van der Waals surface area contributed by atoms with E-state index < -0.39 is 0 Å². The van der Waals surface area contributed by atoms with Gasteiger partial charge in [0.25, 0.3) is 5.22 Å². The third kappa shape index (κ3) is 4.10. The molecule has 23 heavy (non-hydrogen) atoms. The highest BCUT2D eigenvalue weighted by molar-refractivity contribution is 9.11. The fraction of sp³-hybridized carbons (Fsp3) is 0.188. The summed E-state index contributed by atoms with van der Waals surface area (Å²) in [5, 5.41) is 8.49. The molecule has 0 atom stereocenters. The van der Waals surface area contributed by atoms with E-state index in [1.807, 2.05) is 38.1 Å². The van der Waals surface area contributed by atoms with Gasteiger partial charge < -0.3 is 4.42 Å². The molecule has 3 rings (SSSR count). The first-order valence-corrected chi connectivity index (χ1v) is 9.44. The first kappa shape index (κ1) is 16.4. The van der Waals surface area contributed by atoms with E-state index in [9.17, 15) is 4.79 Å². The highest BCUT2D eigenvalue weighted by Crippen LogP contribution is 2.27. The van der Waals surface area contributed by atoms with Gasteiger partial charge in [-0.1, -0.05) is 29.0 Å². The van der Waals surface area contributed by atoms with Gasteiger partial charge in [0.2, 0.25) is 5.89 Å². The topological polar surface area (TPSA) is 56.0 Å². The minimum atomic E-state index is 0.0526. The lowest BCUT2D eigenvalue weighted by molar-refractivity contribution is 0.102. The second-order valence-electron chi connectivity index (χ2n) is 5.07. The number of carbonyl (C=O) groups excluding carboxylic acids is 1. The van der Waals surface area contributed by atoms with E-state index in [2.05, 4.69) is 32.2 Å². The normalized spacial score (nSPS) is 10.9. The number of carbonyl (C=O) groups is 1. The van der Waals surface area contributed by atoms with Crippen LogP contribution in [0.15, 0.2) is 43.8 Å². The molecular weight excluding hydrogens is 396 g/mol. The Morgan fingerprint density at radius 2 is 1.96 bits per heavy atom. The fourth-order valence-corrected chi connectivity index (χ4v) is 4.21. The minimum Gasteiger partial charge on any atom is -0.411 e. The van der Waals surface area contributed by atoms with Gasteiger partial charge in [-0.2, -0.15) is 0 Å². The third-order valence-corrected chi connectivity index (χ3v) is 5.53. The van der Waals surface area contributed by atoms with E-state index in [1.165, 1.54) is 23.1 Å². The van der Waals surface area contributed by atoms with E-state index in [1.54, 1.807) is 0 Å². The molecule has 0 aliphatic carbocycles. The predicted octanol–water partition coefficient (Wildman–Crippen LogP) is 5.15. The van der Waals surface area contributed by atoms with Crippen LogP contribution in [0, 0.1) is 13.8 Å². The lowest BCUT2D eigenvalue weighted by atomic mass is 10.1. The first-order valence-electron chi connectivity index (χ1n) is 6.85. The number of benzene rings is 1. The van der Waals surface area contributed by atoms with Crippen molar-refractivity contribution in [2.45, 2.75) is 19.1 Å². The Bertz CT molecular complexity index is 837. The van der Waals surface area contributed by atoms with Crippen LogP contribution in [0.3, 0.4) is 0 Å². The summed E-state index contributed by atoms with van der Waals surface area (Å²) in [5.41, 5.74) is 3.19. The molecule has 0 unspecified atom stereocenters. The second kappa shape index (κ2) is 6.98. The molecule has 0 bridgehead atoms. The molecule has 1 aromatic carbocycles. The van der Waals surface area contributed by atoms with E-state index in [4.69, 9.17) is 4.42 Å². The maximum absolute atomic E-state index is 12.1. The summed E-state index contributed by atoms with van der Waals surface area (Å²) in [7, 11) is 0. The van der Waals surface area contributed by atoms with Crippen LogP contribution in [0.5, 0.6) is 0 Å². The lowest BCUT2D eigenvalue weighted by Gasteiger charge is -2.00. The maximum Gasteiger partial charge on any atom is 0.277 e. The van der Waals surface area contributed by atoms with Gasteiger partial charge in [0, 0.05) is 5.56 Å². The molecule has 0 N–H and O–H groups in total. The molecular formula is C16H13BrN2O2S2. The summed E-state index contributed by atoms with van der Waals surface area (Å²) >= 11 is 6.04. The highest BCUT2D eigenvalue weighted by Gasteiger charge is 2.14. The van der Waals surface area contributed by atoms with Crippen molar-refractivity contribution in [1.29, 1.82) is 0 Å². The molecule has 0 aliphatic heterocycles. The lowest BCUT2D eigenvalue weighted by Crippen LogP contribution is -1.98. The summed E-state index contributed by atoms with van der Waals surface area (Å²) in [6.45, 7) is 4.06. The number of hydrogen-bond acceptors (Lipinski definition) is 6. The Kier molecular flexibility index (Phi) is 4.99. The number of thioether (sulfide) groups is 1. The van der Waals surface area contributed by atoms with E-state index in [0.717, 1.165) is 25.4 Å². The fourth-order valence-electron chi connectivity index (χ4n) is 2.15. The van der Waals surface area contributed by atoms with Gasteiger partial charge in [0.15, 0.2) is 5.78 Å². The molecule has 0 spiro atoms. The number of nitrogens with zero attached hydrogens (tertiary/aromatic N) is 2. The minimum absolute atomic E-state index is 0.0526. The zero-order valence-corrected chi connectivity index (χ0v) is 15.7. The SMILES string of the molecule is Cc1cc(C)cc(-c2nnc(SCC(=O)c3ccc(Br)s3)o2)c1. The van der Waals surface area contributed by atoms with Crippen LogP contribution in [0.1, 0.15) is 20.8 Å². The van der Waals surface area contributed by atoms with Crippen LogP contribution in [0.2, 0.25) is 0 Å². The number of hydrogen-bond donors (Lipinski definition) is 0. The van der Waals surface area contributed by atoms with E-state index >= 15 is 0 Å². The van der Waals surface area contributed by atoms with Crippen LogP contribution in [-0.4, -0.2) is 21.7 Å². The molecule has 118 valence electrons. The van der Waals surface area contributed by atoms with Crippen molar-refractivity contribution in [3.05, 3.63) is 50.1 Å². The first-order chi connectivity index (χ1) is 11.0. The van der Waals surface area contributed by atoms with Gasteiger partial charge in [0.1, 0.15) is 0 Å². The Morgan fingerprint density at radius 1 is 1.22 bits per heavy atom. The molecule has 0 radical (unpaired) electrons. The van der Waals surface area contributed by atoms with Crippen LogP contribution in [-0.2, 0) is 0 Å². The zero-order valence-electron chi connectivity index (χ0n) is 12.5. The Labute approximate surface area is 150 Å². The highest BCUT2D eigenvalue weighted by atomic mass is 79.9. The van der Waals surface area contributed by atoms with Gasteiger partial charge in [-0.05, 0) is 54.0 Å². The average Bonchev–Trinajstić information content (AvgIpc) is 3.12. The van der Waals surface area contributed by atoms with E-state index in [-0.39, 0.29) is 11.5 Å². The number of rotatable bonds is 5. The van der Waals surface area contributed by atoms with Gasteiger partial charge in [-0.3, -0.25) is 4.79 Å². The van der Waals surface area contributed by atoms with Crippen molar-refractivity contribution in [2.75, 3.05) is 5.75 Å². The Balaban J connectivity index is 1.69. The van der Waals surface area contributed by atoms with Crippen molar-refractivity contribution in [1.82, 2.24) is 10.2 Å². The maximum atomic E-state index is 12.1. The molecule has 2 aromatic heterocycles. The quantitative estimate of drug-likeness (QED) is 0.431. The monoisotopic (exact) mass is 408 g/mol. The second-order valence-corrected chi connectivity index (χ2v) is 8.45. The number of Topliss-reactive ketones (excluding diaryl/α,β-unsaturated/α-hetero) is 1. The molecule has 2 heterocycles. The molecule has 0 amide bonds. The van der Waals surface area contributed by atoms with Crippen LogP contribution >= 0.6 is 39.0 Å².